The van der Waals surface area contributed by atoms with Crippen LogP contribution in [0.5, 0.6) is 5.75 Å². The van der Waals surface area contributed by atoms with Crippen LogP contribution < -0.4 is 4.74 Å². The van der Waals surface area contributed by atoms with Gasteiger partial charge in [0.1, 0.15) is 5.75 Å². The highest BCUT2D eigenvalue weighted by atomic mass is 16.6. The number of ether oxygens (including phenoxy) is 1. The molecule has 0 aromatic heterocycles. The van der Waals surface area contributed by atoms with E-state index in [4.69, 9.17) is 4.74 Å². The van der Waals surface area contributed by atoms with Crippen molar-refractivity contribution in [3.63, 3.8) is 0 Å². The lowest BCUT2D eigenvalue weighted by atomic mass is 10.0. The molecule has 24 heavy (non-hydrogen) atoms. The number of nitrogens with zero attached hydrogens (tertiary/aromatic N) is 2. The average Bonchev–Trinajstić information content (AvgIpc) is 2.57. The molecule has 6 heteroatoms. The highest BCUT2D eigenvalue weighted by molar-refractivity contribution is 5.42. The van der Waals surface area contributed by atoms with Crippen molar-refractivity contribution in [3.8, 4) is 5.75 Å². The number of likely N-dealkylation sites (N-methyl/N-ethyl adjacent to an activating group) is 1. The third-order valence-electron chi connectivity index (χ3n) is 4.11. The number of rotatable bonds is 7. The zero-order valence-corrected chi connectivity index (χ0v) is 14.1. The van der Waals surface area contributed by atoms with Crippen LogP contribution in [-0.2, 0) is 6.54 Å². The lowest BCUT2D eigenvalue weighted by Crippen LogP contribution is -2.27. The quantitative estimate of drug-likeness (QED) is 0.624. The maximum atomic E-state index is 11.1. The first-order chi connectivity index (χ1) is 11.5. The Morgan fingerprint density at radius 3 is 2.46 bits per heavy atom. The van der Waals surface area contributed by atoms with Gasteiger partial charge >= 0.3 is 0 Å². The van der Waals surface area contributed by atoms with E-state index in [0.717, 1.165) is 16.9 Å². The molecule has 0 spiro atoms. The van der Waals surface area contributed by atoms with E-state index in [9.17, 15) is 15.2 Å². The second kappa shape index (κ2) is 7.90. The molecule has 0 aliphatic carbocycles. The lowest BCUT2D eigenvalue weighted by molar-refractivity contribution is -0.385. The summed E-state index contributed by atoms with van der Waals surface area (Å²) in [7, 11) is 3.49. The van der Waals surface area contributed by atoms with Crippen molar-refractivity contribution in [2.75, 3.05) is 20.8 Å². The molecular formula is C18H22N2O4. The predicted molar refractivity (Wildman–Crippen MR) is 92.1 cm³/mol. The predicted octanol–water partition coefficient (Wildman–Crippen LogP) is 3.08. The minimum Gasteiger partial charge on any atom is -0.497 e. The normalized spacial score (nSPS) is 12.2. The van der Waals surface area contributed by atoms with Gasteiger partial charge in [-0.05, 0) is 37.2 Å². The van der Waals surface area contributed by atoms with Crippen molar-refractivity contribution in [3.05, 3.63) is 69.3 Å². The molecule has 1 unspecified atom stereocenters. The monoisotopic (exact) mass is 330 g/mol. The maximum absolute atomic E-state index is 11.1. The summed E-state index contributed by atoms with van der Waals surface area (Å²) < 4.78 is 5.15. The van der Waals surface area contributed by atoms with E-state index in [1.165, 1.54) is 0 Å². The van der Waals surface area contributed by atoms with E-state index in [2.05, 4.69) is 0 Å². The number of aryl methyl sites for hydroxylation is 1. The molecule has 0 aliphatic rings. The van der Waals surface area contributed by atoms with E-state index in [1.54, 1.807) is 26.2 Å². The molecule has 1 N–H and O–H groups in total. The standard InChI is InChI=1S/C18H22N2O4/c1-13-4-5-14(10-17(13)20(22)23)11-19(2)18(12-21)15-6-8-16(24-3)9-7-15/h4-10,18,21H,11-12H2,1-3H3. The van der Waals surface area contributed by atoms with Crippen molar-refractivity contribution >= 4 is 5.69 Å². The molecule has 0 heterocycles. The Labute approximate surface area is 141 Å². The van der Waals surface area contributed by atoms with Crippen molar-refractivity contribution in [1.82, 2.24) is 4.90 Å². The van der Waals surface area contributed by atoms with Crippen molar-refractivity contribution in [2.45, 2.75) is 19.5 Å². The van der Waals surface area contributed by atoms with Crippen LogP contribution in [0.4, 0.5) is 5.69 Å². The van der Waals surface area contributed by atoms with Gasteiger partial charge in [0.2, 0.25) is 0 Å². The Morgan fingerprint density at radius 2 is 1.92 bits per heavy atom. The molecule has 0 amide bonds. The summed E-state index contributed by atoms with van der Waals surface area (Å²) in [5, 5.41) is 20.8. The Bertz CT molecular complexity index is 701. The van der Waals surface area contributed by atoms with Crippen LogP contribution in [0, 0.1) is 17.0 Å². The Hall–Kier alpha value is -2.44. The van der Waals surface area contributed by atoms with Gasteiger partial charge in [-0.1, -0.05) is 24.3 Å². The van der Waals surface area contributed by atoms with Gasteiger partial charge in [0.25, 0.3) is 5.69 Å². The molecule has 0 bridgehead atoms. The van der Waals surface area contributed by atoms with Gasteiger partial charge in [-0.2, -0.15) is 0 Å². The van der Waals surface area contributed by atoms with E-state index in [-0.39, 0.29) is 23.3 Å². The first kappa shape index (κ1) is 17.9. The molecule has 0 saturated heterocycles. The fourth-order valence-corrected chi connectivity index (χ4v) is 2.67. The second-order valence-electron chi connectivity index (χ2n) is 5.76. The van der Waals surface area contributed by atoms with E-state index in [1.807, 2.05) is 42.3 Å². The van der Waals surface area contributed by atoms with Crippen molar-refractivity contribution in [2.24, 2.45) is 0 Å². The minimum absolute atomic E-state index is 0.0449. The van der Waals surface area contributed by atoms with Crippen molar-refractivity contribution in [1.29, 1.82) is 0 Å². The number of hydrogen-bond acceptors (Lipinski definition) is 5. The molecule has 0 aliphatic heterocycles. The maximum Gasteiger partial charge on any atom is 0.272 e. The molecule has 2 rings (SSSR count). The molecular weight excluding hydrogens is 308 g/mol. The fraction of sp³-hybridized carbons (Fsp3) is 0.333. The zero-order chi connectivity index (χ0) is 17.7. The average molecular weight is 330 g/mol. The van der Waals surface area contributed by atoms with Crippen LogP contribution in [0.15, 0.2) is 42.5 Å². The molecule has 128 valence electrons. The fourth-order valence-electron chi connectivity index (χ4n) is 2.67. The topological polar surface area (TPSA) is 75.8 Å². The zero-order valence-electron chi connectivity index (χ0n) is 14.1. The van der Waals surface area contributed by atoms with Gasteiger partial charge in [0.15, 0.2) is 0 Å². The summed E-state index contributed by atoms with van der Waals surface area (Å²) in [6.07, 6.45) is 0. The Kier molecular flexibility index (Phi) is 5.89. The van der Waals surface area contributed by atoms with E-state index in [0.29, 0.717) is 12.1 Å². The first-order valence-electron chi connectivity index (χ1n) is 7.65. The van der Waals surface area contributed by atoms with Gasteiger partial charge in [0, 0.05) is 18.2 Å². The molecule has 0 saturated carbocycles. The van der Waals surface area contributed by atoms with Gasteiger partial charge in [0.05, 0.1) is 24.7 Å². The number of benzene rings is 2. The summed E-state index contributed by atoms with van der Waals surface area (Å²) in [4.78, 5) is 12.7. The van der Waals surface area contributed by atoms with Crippen LogP contribution in [0.3, 0.4) is 0 Å². The number of methoxy groups -OCH3 is 1. The van der Waals surface area contributed by atoms with Gasteiger partial charge < -0.3 is 9.84 Å². The van der Waals surface area contributed by atoms with Crippen LogP contribution in [0.2, 0.25) is 0 Å². The number of nitro groups is 1. The third-order valence-corrected chi connectivity index (χ3v) is 4.11. The molecule has 2 aromatic carbocycles. The number of hydrogen-bond donors (Lipinski definition) is 1. The third kappa shape index (κ3) is 4.10. The number of nitro benzene ring substituents is 1. The first-order valence-corrected chi connectivity index (χ1v) is 7.65. The molecule has 2 aromatic rings. The Morgan fingerprint density at radius 1 is 1.25 bits per heavy atom. The summed E-state index contributed by atoms with van der Waals surface area (Å²) in [6.45, 7) is 2.18. The Balaban J connectivity index is 2.18. The SMILES string of the molecule is COc1ccc(C(CO)N(C)Cc2ccc(C)c([N+](=O)[O-])c2)cc1. The van der Waals surface area contributed by atoms with Crippen molar-refractivity contribution < 1.29 is 14.8 Å². The smallest absolute Gasteiger partial charge is 0.272 e. The van der Waals surface area contributed by atoms with Crippen LogP contribution in [-0.4, -0.2) is 35.7 Å². The minimum atomic E-state index is -0.369. The lowest BCUT2D eigenvalue weighted by Gasteiger charge is -2.27. The van der Waals surface area contributed by atoms with Gasteiger partial charge in [-0.15, -0.1) is 0 Å². The second-order valence-corrected chi connectivity index (χ2v) is 5.76. The van der Waals surface area contributed by atoms with Gasteiger partial charge in [-0.3, -0.25) is 15.0 Å². The molecule has 0 fully saturated rings. The number of aliphatic hydroxyl groups excluding tert-OH is 1. The van der Waals surface area contributed by atoms with E-state index >= 15 is 0 Å². The highest BCUT2D eigenvalue weighted by Gasteiger charge is 2.18. The summed E-state index contributed by atoms with van der Waals surface area (Å²) in [6, 6.07) is 12.5. The number of aliphatic hydroxyl groups is 1. The van der Waals surface area contributed by atoms with Gasteiger partial charge in [-0.25, -0.2) is 0 Å². The summed E-state index contributed by atoms with van der Waals surface area (Å²) in [5.74, 6) is 0.757. The largest absolute Gasteiger partial charge is 0.497 e. The summed E-state index contributed by atoms with van der Waals surface area (Å²) in [5.41, 5.74) is 2.55. The van der Waals surface area contributed by atoms with E-state index < -0.39 is 0 Å². The highest BCUT2D eigenvalue weighted by Crippen LogP contribution is 2.25. The van der Waals surface area contributed by atoms with Crippen LogP contribution in [0.25, 0.3) is 0 Å². The van der Waals surface area contributed by atoms with Crippen LogP contribution >= 0.6 is 0 Å². The van der Waals surface area contributed by atoms with Crippen LogP contribution in [0.1, 0.15) is 22.7 Å². The summed E-state index contributed by atoms with van der Waals surface area (Å²) >= 11 is 0. The molecule has 1 atom stereocenters. The molecule has 0 radical (unpaired) electrons. The molecule has 6 nitrogen and oxygen atoms in total.